The van der Waals surface area contributed by atoms with Gasteiger partial charge in [0.15, 0.2) is 0 Å². The molecule has 0 aromatic heterocycles. The van der Waals surface area contributed by atoms with Crippen molar-refractivity contribution in [3.05, 3.63) is 35.6 Å². The van der Waals surface area contributed by atoms with Crippen LogP contribution < -0.4 is 0 Å². The molecule has 3 heteroatoms. The Balaban J connectivity index is 2.36. The topological polar surface area (TPSA) is 29.5 Å². The van der Waals surface area contributed by atoms with Crippen LogP contribution in [-0.2, 0) is 4.74 Å². The van der Waals surface area contributed by atoms with Crippen LogP contribution >= 0.6 is 0 Å². The van der Waals surface area contributed by atoms with Crippen LogP contribution in [0.25, 0.3) is 0 Å². The minimum atomic E-state index is -0.237. The van der Waals surface area contributed by atoms with Gasteiger partial charge in [-0.2, -0.15) is 0 Å². The van der Waals surface area contributed by atoms with E-state index >= 15 is 0 Å². The van der Waals surface area contributed by atoms with Crippen LogP contribution in [0.1, 0.15) is 26.7 Å². The highest BCUT2D eigenvalue weighted by atomic mass is 16.6. The van der Waals surface area contributed by atoms with Gasteiger partial charge < -0.3 is 4.74 Å². The predicted octanol–water partition coefficient (Wildman–Crippen LogP) is 3.01. The molecule has 0 radical (unpaired) electrons. The van der Waals surface area contributed by atoms with E-state index in [1.807, 2.05) is 13.1 Å². The summed E-state index contributed by atoms with van der Waals surface area (Å²) in [7, 11) is 0. The third-order valence-corrected chi connectivity index (χ3v) is 2.98. The number of fused-ring (bicyclic) bond motifs is 1. The molecule has 1 amide bonds. The number of cyclic esters (lactones) is 1. The molecule has 3 nitrogen and oxygen atoms in total. The summed E-state index contributed by atoms with van der Waals surface area (Å²) in [5.41, 5.74) is 3.37. The van der Waals surface area contributed by atoms with Crippen molar-refractivity contribution >= 4 is 6.09 Å². The lowest BCUT2D eigenvalue weighted by atomic mass is 9.91. The highest BCUT2D eigenvalue weighted by Gasteiger charge is 2.36. The van der Waals surface area contributed by atoms with Crippen molar-refractivity contribution in [1.29, 1.82) is 0 Å². The zero-order chi connectivity index (χ0) is 11.7. The number of carbonyl (C=O) groups excluding carboxylic acids is 1. The maximum Gasteiger partial charge on any atom is 0.414 e. The number of ether oxygens (including phenoxy) is 1. The van der Waals surface area contributed by atoms with Gasteiger partial charge in [-0.25, -0.2) is 4.79 Å². The third kappa shape index (κ3) is 1.77. The lowest BCUT2D eigenvalue weighted by molar-refractivity contribution is 0.166. The van der Waals surface area contributed by atoms with E-state index in [1.165, 1.54) is 5.57 Å². The van der Waals surface area contributed by atoms with Crippen LogP contribution in [0.5, 0.6) is 0 Å². The van der Waals surface area contributed by atoms with E-state index in [1.54, 1.807) is 4.90 Å². The van der Waals surface area contributed by atoms with Crippen molar-refractivity contribution in [1.82, 2.24) is 4.90 Å². The standard InChI is InChI=1S/C13H17NO2/c1-4-5-10-6-11-8-16-13(15)14(11)7-12(10)9(2)3/h5,7,11H,2,4,6,8H2,1,3H3/b10-5+. The summed E-state index contributed by atoms with van der Waals surface area (Å²) in [6, 6.07) is 0.174. The second-order valence-corrected chi connectivity index (χ2v) is 4.30. The molecule has 1 unspecified atom stereocenters. The average Bonchev–Trinajstić information content (AvgIpc) is 2.59. The summed E-state index contributed by atoms with van der Waals surface area (Å²) in [4.78, 5) is 13.1. The van der Waals surface area contributed by atoms with E-state index in [9.17, 15) is 4.79 Å². The first-order valence-electron chi connectivity index (χ1n) is 5.65. The molecule has 1 atom stereocenters. The van der Waals surface area contributed by atoms with Crippen molar-refractivity contribution < 1.29 is 9.53 Å². The first-order valence-corrected chi connectivity index (χ1v) is 5.65. The molecule has 16 heavy (non-hydrogen) atoms. The molecule has 0 N–H and O–H groups in total. The first-order chi connectivity index (χ1) is 7.63. The molecule has 0 saturated carbocycles. The van der Waals surface area contributed by atoms with E-state index < -0.39 is 0 Å². The zero-order valence-corrected chi connectivity index (χ0v) is 9.82. The Kier molecular flexibility index (Phi) is 2.86. The minimum absolute atomic E-state index is 0.174. The maximum atomic E-state index is 11.5. The molecule has 0 aromatic rings. The van der Waals surface area contributed by atoms with Crippen LogP contribution in [0.15, 0.2) is 35.6 Å². The molecule has 2 heterocycles. The van der Waals surface area contributed by atoms with Gasteiger partial charge in [-0.1, -0.05) is 19.6 Å². The van der Waals surface area contributed by atoms with Crippen molar-refractivity contribution in [2.45, 2.75) is 32.7 Å². The fourth-order valence-corrected chi connectivity index (χ4v) is 2.20. The van der Waals surface area contributed by atoms with Crippen molar-refractivity contribution in [3.8, 4) is 0 Å². The second-order valence-electron chi connectivity index (χ2n) is 4.30. The molecule has 0 spiro atoms. The Labute approximate surface area is 96.1 Å². The number of carbonyl (C=O) groups is 1. The van der Waals surface area contributed by atoms with Crippen molar-refractivity contribution in [2.24, 2.45) is 0 Å². The summed E-state index contributed by atoms with van der Waals surface area (Å²) in [6.45, 7) is 8.55. The molecular formula is C13H17NO2. The predicted molar refractivity (Wildman–Crippen MR) is 62.9 cm³/mol. The van der Waals surface area contributed by atoms with E-state index in [2.05, 4.69) is 19.6 Å². The fraction of sp³-hybridized carbons (Fsp3) is 0.462. The van der Waals surface area contributed by atoms with E-state index in [-0.39, 0.29) is 12.1 Å². The molecule has 2 aliphatic heterocycles. The highest BCUT2D eigenvalue weighted by Crippen LogP contribution is 2.33. The van der Waals surface area contributed by atoms with Crippen LogP contribution in [0.2, 0.25) is 0 Å². The van der Waals surface area contributed by atoms with Crippen molar-refractivity contribution in [2.75, 3.05) is 6.61 Å². The molecule has 1 fully saturated rings. The molecule has 1 saturated heterocycles. The maximum absolute atomic E-state index is 11.5. The Bertz CT molecular complexity index is 393. The molecule has 0 aliphatic carbocycles. The smallest absolute Gasteiger partial charge is 0.414 e. The molecule has 0 aromatic carbocycles. The van der Waals surface area contributed by atoms with Crippen LogP contribution in [0, 0.1) is 0 Å². The van der Waals surface area contributed by atoms with Crippen molar-refractivity contribution in [3.63, 3.8) is 0 Å². The van der Waals surface area contributed by atoms with Crippen LogP contribution in [0.3, 0.4) is 0 Å². The molecule has 0 bridgehead atoms. The summed E-state index contributed by atoms with van der Waals surface area (Å²) in [5, 5.41) is 0. The summed E-state index contributed by atoms with van der Waals surface area (Å²) < 4.78 is 5.04. The lowest BCUT2D eigenvalue weighted by Crippen LogP contribution is -2.32. The van der Waals surface area contributed by atoms with E-state index in [0.717, 1.165) is 24.0 Å². The van der Waals surface area contributed by atoms with Crippen LogP contribution in [-0.4, -0.2) is 23.6 Å². The van der Waals surface area contributed by atoms with E-state index in [4.69, 9.17) is 4.74 Å². The Morgan fingerprint density at radius 2 is 2.50 bits per heavy atom. The summed E-state index contributed by atoms with van der Waals surface area (Å²) >= 11 is 0. The second kappa shape index (κ2) is 4.16. The number of amides is 1. The summed E-state index contributed by atoms with van der Waals surface area (Å²) in [5.74, 6) is 0. The third-order valence-electron chi connectivity index (χ3n) is 2.98. The van der Waals surface area contributed by atoms with Gasteiger partial charge in [0.05, 0.1) is 6.04 Å². The fourth-order valence-electron chi connectivity index (χ4n) is 2.20. The quantitative estimate of drug-likeness (QED) is 0.714. The molecule has 86 valence electrons. The Morgan fingerprint density at radius 1 is 1.75 bits per heavy atom. The molecule has 2 rings (SSSR count). The number of nitrogens with zero attached hydrogens (tertiary/aromatic N) is 1. The SMILES string of the molecule is C=C(C)C1=CN2C(=O)OCC2C/C1=C\CC. The normalized spacial score (nSPS) is 26.5. The monoisotopic (exact) mass is 219 g/mol. The highest BCUT2D eigenvalue weighted by molar-refractivity contribution is 5.73. The van der Waals surface area contributed by atoms with Gasteiger partial charge in [-0.15, -0.1) is 0 Å². The first kappa shape index (κ1) is 11.0. The minimum Gasteiger partial charge on any atom is -0.447 e. The Hall–Kier alpha value is -1.51. The number of allylic oxidation sites excluding steroid dienone is 3. The van der Waals surface area contributed by atoms with E-state index in [0.29, 0.717) is 6.61 Å². The largest absolute Gasteiger partial charge is 0.447 e. The molecular weight excluding hydrogens is 202 g/mol. The van der Waals surface area contributed by atoms with Gasteiger partial charge in [-0.05, 0) is 36.5 Å². The van der Waals surface area contributed by atoms with Gasteiger partial charge in [0.25, 0.3) is 0 Å². The van der Waals surface area contributed by atoms with Gasteiger partial charge >= 0.3 is 6.09 Å². The molecule has 2 aliphatic rings. The van der Waals surface area contributed by atoms with Gasteiger partial charge in [0.2, 0.25) is 0 Å². The zero-order valence-electron chi connectivity index (χ0n) is 9.82. The van der Waals surface area contributed by atoms with Gasteiger partial charge in [0, 0.05) is 6.20 Å². The van der Waals surface area contributed by atoms with Gasteiger partial charge in [-0.3, -0.25) is 4.90 Å². The lowest BCUT2D eigenvalue weighted by Gasteiger charge is -2.27. The summed E-state index contributed by atoms with van der Waals surface area (Å²) in [6.07, 6.45) is 5.73. The number of hydrogen-bond donors (Lipinski definition) is 0. The van der Waals surface area contributed by atoms with Crippen LogP contribution in [0.4, 0.5) is 4.79 Å². The average molecular weight is 219 g/mol. The number of rotatable bonds is 2. The Morgan fingerprint density at radius 3 is 3.12 bits per heavy atom. The number of hydrogen-bond acceptors (Lipinski definition) is 2. The van der Waals surface area contributed by atoms with Gasteiger partial charge in [0.1, 0.15) is 6.61 Å².